The van der Waals surface area contributed by atoms with Gasteiger partial charge >= 0.3 is 0 Å². The van der Waals surface area contributed by atoms with Gasteiger partial charge in [0.25, 0.3) is 0 Å². The molecule has 1 aromatic heterocycles. The van der Waals surface area contributed by atoms with E-state index in [1.54, 1.807) is 12.1 Å². The van der Waals surface area contributed by atoms with Crippen LogP contribution in [0.15, 0.2) is 48.5 Å². The van der Waals surface area contributed by atoms with Crippen LogP contribution >= 0.6 is 0 Å². The van der Waals surface area contributed by atoms with Gasteiger partial charge in [-0.15, -0.1) is 0 Å². The summed E-state index contributed by atoms with van der Waals surface area (Å²) in [5, 5.41) is 0. The van der Waals surface area contributed by atoms with Crippen LogP contribution in [-0.4, -0.2) is 22.8 Å². The lowest BCUT2D eigenvalue weighted by Crippen LogP contribution is -2.07. The van der Waals surface area contributed by atoms with Crippen LogP contribution in [0, 0.1) is 5.82 Å². The van der Waals surface area contributed by atoms with E-state index in [-0.39, 0.29) is 5.82 Å². The van der Waals surface area contributed by atoms with E-state index in [1.165, 1.54) is 12.1 Å². The normalized spacial score (nSPS) is 11.1. The summed E-state index contributed by atoms with van der Waals surface area (Å²) >= 11 is 0. The lowest BCUT2D eigenvalue weighted by atomic mass is 10.2. The maximum absolute atomic E-state index is 13.1. The van der Waals surface area contributed by atoms with Crippen molar-refractivity contribution >= 4 is 11.0 Å². The van der Waals surface area contributed by atoms with Crippen molar-refractivity contribution in [1.29, 1.82) is 0 Å². The van der Waals surface area contributed by atoms with Gasteiger partial charge in [0, 0.05) is 18.7 Å². The molecule has 0 aliphatic heterocycles. The molecule has 0 aliphatic rings. The highest BCUT2D eigenvalue weighted by Gasteiger charge is 2.12. The average Bonchev–Trinajstić information content (AvgIpc) is 2.87. The van der Waals surface area contributed by atoms with E-state index in [1.807, 2.05) is 31.2 Å². The predicted molar refractivity (Wildman–Crippen MR) is 81.6 cm³/mol. The zero-order chi connectivity index (χ0) is 14.7. The number of fused-ring (bicyclic) bond motifs is 1. The number of rotatable bonds is 5. The first-order valence-electron chi connectivity index (χ1n) is 7.08. The minimum Gasteiger partial charge on any atom is -0.380 e. The van der Waals surface area contributed by atoms with Crippen molar-refractivity contribution in [3.63, 3.8) is 0 Å². The first kappa shape index (κ1) is 13.8. The molecule has 0 radical (unpaired) electrons. The summed E-state index contributed by atoms with van der Waals surface area (Å²) < 4.78 is 20.7. The molecule has 0 saturated heterocycles. The van der Waals surface area contributed by atoms with E-state index in [2.05, 4.69) is 9.55 Å². The van der Waals surface area contributed by atoms with Crippen LogP contribution in [-0.2, 0) is 11.3 Å². The van der Waals surface area contributed by atoms with Crippen LogP contribution in [0.25, 0.3) is 22.4 Å². The summed E-state index contributed by atoms with van der Waals surface area (Å²) in [6.45, 7) is 4.03. The monoisotopic (exact) mass is 284 g/mol. The smallest absolute Gasteiger partial charge is 0.141 e. The molecule has 0 atom stereocenters. The second kappa shape index (κ2) is 6.06. The number of aromatic nitrogens is 2. The summed E-state index contributed by atoms with van der Waals surface area (Å²) in [7, 11) is 0. The lowest BCUT2D eigenvalue weighted by molar-refractivity contribution is 0.140. The molecular formula is C17H17FN2O. The maximum Gasteiger partial charge on any atom is 0.141 e. The van der Waals surface area contributed by atoms with Gasteiger partial charge in [-0.25, -0.2) is 9.37 Å². The first-order chi connectivity index (χ1) is 10.3. The quantitative estimate of drug-likeness (QED) is 0.665. The molecule has 0 saturated carbocycles. The Morgan fingerprint density at radius 1 is 1.10 bits per heavy atom. The number of imidazole rings is 1. The Hall–Kier alpha value is -2.20. The third kappa shape index (κ3) is 2.81. The Kier molecular flexibility index (Phi) is 3.97. The molecule has 0 fully saturated rings. The van der Waals surface area contributed by atoms with E-state index in [9.17, 15) is 4.39 Å². The molecule has 4 heteroatoms. The summed E-state index contributed by atoms with van der Waals surface area (Å²) in [5.41, 5.74) is 2.91. The molecule has 0 spiro atoms. The molecule has 3 rings (SSSR count). The van der Waals surface area contributed by atoms with Gasteiger partial charge in [-0.3, -0.25) is 0 Å². The topological polar surface area (TPSA) is 27.1 Å². The summed E-state index contributed by atoms with van der Waals surface area (Å²) in [4.78, 5) is 4.68. The number of benzene rings is 2. The number of hydrogen-bond acceptors (Lipinski definition) is 2. The molecule has 0 amide bonds. The molecule has 0 bridgehead atoms. The lowest BCUT2D eigenvalue weighted by Gasteiger charge is -2.09. The standard InChI is InChI=1S/C17H17FN2O/c1-2-21-12-11-20-16-6-4-3-5-15(16)19-17(20)13-7-9-14(18)10-8-13/h3-10H,2,11-12H2,1H3. The van der Waals surface area contributed by atoms with Crippen LogP contribution in [0.3, 0.4) is 0 Å². The van der Waals surface area contributed by atoms with Gasteiger partial charge in [-0.05, 0) is 43.3 Å². The van der Waals surface area contributed by atoms with Crippen molar-refractivity contribution in [2.75, 3.05) is 13.2 Å². The van der Waals surface area contributed by atoms with Gasteiger partial charge in [-0.1, -0.05) is 12.1 Å². The van der Waals surface area contributed by atoms with E-state index in [4.69, 9.17) is 4.74 Å². The molecule has 1 heterocycles. The molecule has 0 N–H and O–H groups in total. The highest BCUT2D eigenvalue weighted by atomic mass is 19.1. The SMILES string of the molecule is CCOCCn1c(-c2ccc(F)cc2)nc2ccccc21. The summed E-state index contributed by atoms with van der Waals surface area (Å²) in [6.07, 6.45) is 0. The molecule has 108 valence electrons. The molecule has 2 aromatic carbocycles. The predicted octanol–water partition coefficient (Wildman–Crippen LogP) is 3.88. The molecule has 0 unspecified atom stereocenters. The fourth-order valence-electron chi connectivity index (χ4n) is 2.42. The number of nitrogens with zero attached hydrogens (tertiary/aromatic N) is 2. The number of ether oxygens (including phenoxy) is 1. The minimum atomic E-state index is -0.240. The van der Waals surface area contributed by atoms with Gasteiger partial charge < -0.3 is 9.30 Å². The largest absolute Gasteiger partial charge is 0.380 e. The van der Waals surface area contributed by atoms with Crippen LogP contribution in [0.5, 0.6) is 0 Å². The molecule has 0 aliphatic carbocycles. The number of hydrogen-bond donors (Lipinski definition) is 0. The molecule has 21 heavy (non-hydrogen) atoms. The van der Waals surface area contributed by atoms with E-state index >= 15 is 0 Å². The van der Waals surface area contributed by atoms with Crippen LogP contribution < -0.4 is 0 Å². The third-order valence-corrected chi connectivity index (χ3v) is 3.42. The van der Waals surface area contributed by atoms with Gasteiger partial charge in [-0.2, -0.15) is 0 Å². The van der Waals surface area contributed by atoms with Crippen LogP contribution in [0.2, 0.25) is 0 Å². The number of para-hydroxylation sites is 2. The second-order valence-electron chi connectivity index (χ2n) is 4.78. The van der Waals surface area contributed by atoms with Gasteiger partial charge in [0.15, 0.2) is 0 Å². The Balaban J connectivity index is 2.07. The van der Waals surface area contributed by atoms with Crippen molar-refractivity contribution in [3.8, 4) is 11.4 Å². The van der Waals surface area contributed by atoms with Gasteiger partial charge in [0.05, 0.1) is 17.6 Å². The molecular weight excluding hydrogens is 267 g/mol. The van der Waals surface area contributed by atoms with Gasteiger partial charge in [0.2, 0.25) is 0 Å². The molecule has 3 aromatic rings. The third-order valence-electron chi connectivity index (χ3n) is 3.42. The second-order valence-corrected chi connectivity index (χ2v) is 4.78. The first-order valence-corrected chi connectivity index (χ1v) is 7.08. The van der Waals surface area contributed by atoms with Crippen molar-refractivity contribution in [3.05, 3.63) is 54.3 Å². The Labute approximate surface area is 123 Å². The van der Waals surface area contributed by atoms with Crippen molar-refractivity contribution in [2.24, 2.45) is 0 Å². The molecule has 3 nitrogen and oxygen atoms in total. The van der Waals surface area contributed by atoms with Crippen molar-refractivity contribution in [2.45, 2.75) is 13.5 Å². The number of halogens is 1. The minimum absolute atomic E-state index is 0.240. The van der Waals surface area contributed by atoms with Crippen LogP contribution in [0.4, 0.5) is 4.39 Å². The summed E-state index contributed by atoms with van der Waals surface area (Å²) in [6, 6.07) is 14.4. The van der Waals surface area contributed by atoms with Gasteiger partial charge in [0.1, 0.15) is 11.6 Å². The fourth-order valence-corrected chi connectivity index (χ4v) is 2.42. The van der Waals surface area contributed by atoms with Crippen molar-refractivity contribution < 1.29 is 9.13 Å². The van der Waals surface area contributed by atoms with E-state index in [0.29, 0.717) is 13.2 Å². The maximum atomic E-state index is 13.1. The Bertz CT molecular complexity index is 734. The fraction of sp³-hybridized carbons (Fsp3) is 0.235. The summed E-state index contributed by atoms with van der Waals surface area (Å²) in [5.74, 6) is 0.603. The van der Waals surface area contributed by atoms with Crippen LogP contribution in [0.1, 0.15) is 6.92 Å². The Morgan fingerprint density at radius 2 is 1.86 bits per heavy atom. The zero-order valence-electron chi connectivity index (χ0n) is 11.9. The van der Waals surface area contributed by atoms with E-state index < -0.39 is 0 Å². The zero-order valence-corrected chi connectivity index (χ0v) is 11.9. The highest BCUT2D eigenvalue weighted by molar-refractivity contribution is 5.80. The average molecular weight is 284 g/mol. The van der Waals surface area contributed by atoms with Crippen molar-refractivity contribution in [1.82, 2.24) is 9.55 Å². The Morgan fingerprint density at radius 3 is 2.62 bits per heavy atom. The van der Waals surface area contributed by atoms with E-state index in [0.717, 1.165) is 29.0 Å². The highest BCUT2D eigenvalue weighted by Crippen LogP contribution is 2.24.